The maximum absolute atomic E-state index is 12.2. The molecule has 0 aromatic heterocycles. The Bertz CT molecular complexity index is 710. The molecule has 0 saturated heterocycles. The van der Waals surface area contributed by atoms with Gasteiger partial charge in [0.1, 0.15) is 0 Å². The van der Waals surface area contributed by atoms with Crippen molar-refractivity contribution < 1.29 is 22.7 Å². The lowest BCUT2D eigenvalue weighted by Crippen LogP contribution is -2.45. The van der Waals surface area contributed by atoms with Gasteiger partial charge in [-0.3, -0.25) is 9.04 Å². The van der Waals surface area contributed by atoms with Crippen LogP contribution in [0.25, 0.3) is 0 Å². The Morgan fingerprint density at radius 1 is 1.39 bits per heavy atom. The Morgan fingerprint density at radius 3 is 2.43 bits per heavy atom. The second kappa shape index (κ2) is 8.31. The standard InChI is InChI=1S/C12H21N4O5S2/c1-6-7-9-14-16(12(18)21-8(2)3)11(22(9)23(19)20)13-10(17)15(4)5/h8,14H,6-7H2,1-5H3/q-1. The third-order valence-corrected chi connectivity index (χ3v) is 6.01. The number of aliphatic imine (C=N–C) groups is 1. The summed E-state index contributed by atoms with van der Waals surface area (Å²) >= 11 is 0. The molecule has 132 valence electrons. The fourth-order valence-corrected chi connectivity index (χ4v) is 4.65. The molecule has 1 heterocycles. The first-order valence-corrected chi connectivity index (χ1v) is 9.77. The highest BCUT2D eigenvalue weighted by atomic mass is 32.8. The first-order chi connectivity index (χ1) is 10.7. The van der Waals surface area contributed by atoms with Gasteiger partial charge < -0.3 is 9.64 Å². The molecule has 1 rings (SSSR count). The summed E-state index contributed by atoms with van der Waals surface area (Å²) < 4.78 is 28.3. The summed E-state index contributed by atoms with van der Waals surface area (Å²) in [4.78, 5) is 29.4. The van der Waals surface area contributed by atoms with Gasteiger partial charge in [-0.15, -0.1) is 0 Å². The van der Waals surface area contributed by atoms with Crippen LogP contribution in [0.3, 0.4) is 0 Å². The van der Waals surface area contributed by atoms with E-state index in [2.05, 4.69) is 10.4 Å². The van der Waals surface area contributed by atoms with Gasteiger partial charge in [0, 0.05) is 14.1 Å². The van der Waals surface area contributed by atoms with Crippen LogP contribution in [0.2, 0.25) is 0 Å². The lowest BCUT2D eigenvalue weighted by atomic mass is 10.3. The third-order valence-electron chi connectivity index (χ3n) is 2.52. The number of amides is 3. The zero-order valence-electron chi connectivity index (χ0n) is 13.7. The number of hydrogen-bond donors (Lipinski definition) is 1. The normalized spacial score (nSPS) is 17.0. The van der Waals surface area contributed by atoms with E-state index in [1.807, 2.05) is 6.92 Å². The lowest BCUT2D eigenvalue weighted by molar-refractivity contribution is 0.0901. The Morgan fingerprint density at radius 2 is 2.00 bits per heavy atom. The summed E-state index contributed by atoms with van der Waals surface area (Å²) in [5.41, 5.74) is 2.72. The van der Waals surface area contributed by atoms with E-state index in [1.54, 1.807) is 13.8 Å². The summed E-state index contributed by atoms with van der Waals surface area (Å²) in [6.45, 7) is 5.21. The number of hydrogen-bond acceptors (Lipinski definition) is 7. The fourth-order valence-electron chi connectivity index (χ4n) is 1.58. The molecule has 0 saturated carbocycles. The van der Waals surface area contributed by atoms with E-state index in [-0.39, 0.29) is 5.17 Å². The maximum atomic E-state index is 12.2. The molecule has 0 bridgehead atoms. The maximum Gasteiger partial charge on any atom is 0.428 e. The highest BCUT2D eigenvalue weighted by Crippen LogP contribution is 2.09. The van der Waals surface area contributed by atoms with Gasteiger partial charge in [-0.05, 0) is 20.3 Å². The third kappa shape index (κ3) is 4.94. The number of nitrogens with one attached hydrogen (secondary N) is 1. The molecule has 0 radical (unpaired) electrons. The van der Waals surface area contributed by atoms with Crippen molar-refractivity contribution in [3.63, 3.8) is 0 Å². The van der Waals surface area contributed by atoms with Crippen LogP contribution in [0.1, 0.15) is 33.6 Å². The van der Waals surface area contributed by atoms with Crippen LogP contribution < -0.4 is 5.43 Å². The van der Waals surface area contributed by atoms with E-state index in [9.17, 15) is 18.0 Å². The number of carbonyl (C=O) groups excluding carboxylic acids is 2. The molecule has 3 amide bonds. The second-order valence-corrected chi connectivity index (χ2v) is 8.72. The number of rotatable bonds is 3. The predicted molar refractivity (Wildman–Crippen MR) is 89.3 cm³/mol. The summed E-state index contributed by atoms with van der Waals surface area (Å²) in [7, 11) is -1.10. The quantitative estimate of drug-likeness (QED) is 0.583. The molecule has 0 aromatic rings. The van der Waals surface area contributed by atoms with Crippen molar-refractivity contribution in [3.05, 3.63) is 0 Å². The lowest BCUT2D eigenvalue weighted by Gasteiger charge is -2.22. The number of amidine groups is 1. The van der Waals surface area contributed by atoms with Crippen molar-refractivity contribution in [1.29, 1.82) is 0 Å². The second-order valence-electron chi connectivity index (χ2n) is 5.10. The largest absolute Gasteiger partial charge is 0.446 e. The van der Waals surface area contributed by atoms with Crippen LogP contribution in [-0.4, -0.2) is 60.8 Å². The van der Waals surface area contributed by atoms with Crippen molar-refractivity contribution in [2.24, 2.45) is 4.99 Å². The Hall–Kier alpha value is -1.59. The summed E-state index contributed by atoms with van der Waals surface area (Å²) in [6, 6.07) is -0.662. The van der Waals surface area contributed by atoms with Crippen molar-refractivity contribution in [2.75, 3.05) is 14.1 Å². The minimum atomic E-state index is -2.55. The van der Waals surface area contributed by atoms with Gasteiger partial charge in [-0.2, -0.15) is 0 Å². The Kier molecular flexibility index (Phi) is 7.03. The van der Waals surface area contributed by atoms with Crippen molar-refractivity contribution >= 4 is 40.6 Å². The predicted octanol–water partition coefficient (Wildman–Crippen LogP) is 0.732. The minimum Gasteiger partial charge on any atom is -0.446 e. The monoisotopic (exact) mass is 365 g/mol. The van der Waals surface area contributed by atoms with Crippen LogP contribution in [0.5, 0.6) is 0 Å². The van der Waals surface area contributed by atoms with Crippen molar-refractivity contribution in [2.45, 2.75) is 39.7 Å². The topological polar surface area (TPSA) is 108 Å². The molecule has 0 atom stereocenters. The molecule has 0 unspecified atom stereocenters. The number of nitrogens with zero attached hydrogens (tertiary/aromatic N) is 3. The zero-order valence-corrected chi connectivity index (χ0v) is 15.3. The first kappa shape index (κ1) is 19.5. The van der Waals surface area contributed by atoms with E-state index in [0.29, 0.717) is 17.8 Å². The minimum absolute atomic E-state index is 0.175. The highest BCUT2D eigenvalue weighted by molar-refractivity contribution is 8.40. The van der Waals surface area contributed by atoms with E-state index >= 15 is 0 Å². The van der Waals surface area contributed by atoms with Crippen LogP contribution >= 0.6 is 0 Å². The summed E-state index contributed by atoms with van der Waals surface area (Å²) in [5, 5.41) is 0.719. The average molecular weight is 365 g/mol. The molecule has 1 N–H and O–H groups in total. The molecule has 0 fully saturated rings. The van der Waals surface area contributed by atoms with Gasteiger partial charge in [-0.1, -0.05) is 18.3 Å². The number of ether oxygens (including phenoxy) is 1. The molecule has 23 heavy (non-hydrogen) atoms. The number of carbonyl (C=O) groups is 2. The molecule has 11 heteroatoms. The van der Waals surface area contributed by atoms with Crippen molar-refractivity contribution in [1.82, 2.24) is 15.3 Å². The van der Waals surface area contributed by atoms with E-state index in [1.165, 1.54) is 19.0 Å². The van der Waals surface area contributed by atoms with Gasteiger partial charge >= 0.3 is 12.1 Å². The van der Waals surface area contributed by atoms with E-state index < -0.39 is 36.5 Å². The molecule has 1 aliphatic heterocycles. The van der Waals surface area contributed by atoms with Crippen molar-refractivity contribution in [3.8, 4) is 0 Å². The molecule has 9 nitrogen and oxygen atoms in total. The number of hydrazine groups is 1. The smallest absolute Gasteiger partial charge is 0.428 e. The molecular weight excluding hydrogens is 344 g/mol. The number of urea groups is 1. The van der Waals surface area contributed by atoms with Crippen LogP contribution in [0.15, 0.2) is 4.99 Å². The average Bonchev–Trinajstić information content (AvgIpc) is 2.76. The van der Waals surface area contributed by atoms with Gasteiger partial charge in [-0.25, -0.2) is 33.4 Å². The van der Waals surface area contributed by atoms with Gasteiger partial charge in [0.05, 0.1) is 20.5 Å². The SMILES string of the molecule is CCCC1=[S-](=S(=O)=O)C(=NC(=O)N(C)C)N(C(=O)OC(C)C)N1. The zero-order chi connectivity index (χ0) is 17.7. The fraction of sp³-hybridized carbons (Fsp3) is 0.667. The highest BCUT2D eigenvalue weighted by Gasteiger charge is 2.24. The molecular formula is C12H21N4O5S2-. The molecule has 0 aromatic carbocycles. The van der Waals surface area contributed by atoms with Gasteiger partial charge in [0.15, 0.2) is 0 Å². The molecule has 0 spiro atoms. The van der Waals surface area contributed by atoms with Crippen LogP contribution in [0, 0.1) is 0 Å². The Labute approximate surface area is 138 Å². The Balaban J connectivity index is 3.44. The van der Waals surface area contributed by atoms with Gasteiger partial charge in [0.2, 0.25) is 0 Å². The van der Waals surface area contributed by atoms with E-state index in [0.717, 1.165) is 5.01 Å². The molecule has 1 aliphatic rings. The van der Waals surface area contributed by atoms with Gasteiger partial charge in [0.25, 0.3) is 0 Å². The van der Waals surface area contributed by atoms with Crippen LogP contribution in [-0.2, 0) is 23.0 Å². The first-order valence-electron chi connectivity index (χ1n) is 6.96. The summed E-state index contributed by atoms with van der Waals surface area (Å²) in [5.74, 6) is 0. The summed E-state index contributed by atoms with van der Waals surface area (Å²) in [6.07, 6.45) is -0.104. The molecule has 0 aliphatic carbocycles. The van der Waals surface area contributed by atoms with Crippen LogP contribution in [0.4, 0.5) is 9.59 Å². The van der Waals surface area contributed by atoms with E-state index in [4.69, 9.17) is 4.74 Å².